The van der Waals surface area contributed by atoms with E-state index in [9.17, 15) is 0 Å². The fourth-order valence-corrected chi connectivity index (χ4v) is 15.0. The molecule has 12 rings (SSSR count). The van der Waals surface area contributed by atoms with Gasteiger partial charge in [-0.25, -0.2) is 0 Å². The largest absolute Gasteiger partial charge is 0.497 e. The van der Waals surface area contributed by atoms with Crippen molar-refractivity contribution in [2.24, 2.45) is 0 Å². The summed E-state index contributed by atoms with van der Waals surface area (Å²) in [5.74, 6) is 1.45. The molecule has 0 unspecified atom stereocenters. The zero-order chi connectivity index (χ0) is 90.9. The standard InChI is InChI=1S/C24H28O7.C20H28O6.C18H18O3.2C17H22O6/c1-25-20-13-17-12-18(24(28-4,29-5)30-6)14-19(21(17)23(27-3)22(20)26-2)31-15-16-10-8-7-9-11-16;1-12(2)18-15-9-13(20(24-6,25-7)26-8)10-16(21-3)14(15)11-17(22-4)19(18)23-5;1-19-18(20-2,21-3)17-9-8-15-10-13-6-4-5-7-14(13)11-16(15)12-17;1-18-13-8-11-7-12(17(21-4,22-5)23-6)9-14(19-2)16(11)15(10-13)20-3;1-18-14-10-11-9-12(17(21-4,22-5)23-6)7-8-13(11)15(19-2)16(14)20-3/h7-14H,15H2,1-6H3;9-12H,1-8H3;4-12H,1-3H3;2*7-10H,1-6H3. The third-order valence-electron chi connectivity index (χ3n) is 21.1. The van der Waals surface area contributed by atoms with E-state index in [1.54, 1.807) is 119 Å². The van der Waals surface area contributed by atoms with Crippen molar-refractivity contribution >= 4 is 64.6 Å². The number of rotatable bonds is 36. The Balaban J connectivity index is 0.000000193. The van der Waals surface area contributed by atoms with Crippen LogP contribution >= 0.6 is 0 Å². The first-order valence-electron chi connectivity index (χ1n) is 38.8. The summed E-state index contributed by atoms with van der Waals surface area (Å²) in [4.78, 5) is 0. The van der Waals surface area contributed by atoms with Crippen molar-refractivity contribution in [1.29, 1.82) is 0 Å². The van der Waals surface area contributed by atoms with Gasteiger partial charge in [0, 0.05) is 157 Å². The average Bonchev–Trinajstić information content (AvgIpc) is 0.751. The monoisotopic (exact) mass is 1720 g/mol. The minimum Gasteiger partial charge on any atom is -0.497 e. The summed E-state index contributed by atoms with van der Waals surface area (Å²) in [6.07, 6.45) is 0. The molecule has 0 fully saturated rings. The Morgan fingerprint density at radius 3 is 1.02 bits per heavy atom. The predicted molar refractivity (Wildman–Crippen MR) is 474 cm³/mol. The minimum atomic E-state index is -1.40. The van der Waals surface area contributed by atoms with Gasteiger partial charge in [-0.15, -0.1) is 0 Å². The quantitative estimate of drug-likeness (QED) is 0.0261. The van der Waals surface area contributed by atoms with Crippen molar-refractivity contribution in [2.45, 2.75) is 56.2 Å². The van der Waals surface area contributed by atoms with Crippen LogP contribution < -0.4 is 61.6 Å². The molecule has 0 aliphatic rings. The van der Waals surface area contributed by atoms with Crippen LogP contribution in [0.4, 0.5) is 0 Å². The number of hydrogen-bond acceptors (Lipinski definition) is 28. The van der Waals surface area contributed by atoms with Crippen LogP contribution in [0.1, 0.15) is 58.7 Å². The van der Waals surface area contributed by atoms with Crippen LogP contribution in [0.5, 0.6) is 74.7 Å². The summed E-state index contributed by atoms with van der Waals surface area (Å²) >= 11 is 0. The van der Waals surface area contributed by atoms with E-state index in [4.69, 9.17) is 133 Å². The molecule has 0 radical (unpaired) electrons. The highest BCUT2D eigenvalue weighted by Crippen LogP contribution is 2.51. The van der Waals surface area contributed by atoms with Crippen LogP contribution in [0.2, 0.25) is 0 Å². The number of ether oxygens (including phenoxy) is 28. The third kappa shape index (κ3) is 20.2. The smallest absolute Gasteiger partial charge is 0.311 e. The Labute approximate surface area is 725 Å². The zero-order valence-electron chi connectivity index (χ0n) is 76.4. The van der Waals surface area contributed by atoms with Crippen molar-refractivity contribution in [2.75, 3.05) is 192 Å². The van der Waals surface area contributed by atoms with Crippen LogP contribution in [-0.4, -0.2) is 192 Å². The lowest BCUT2D eigenvalue weighted by molar-refractivity contribution is -0.364. The second-order valence-electron chi connectivity index (χ2n) is 27.2. The van der Waals surface area contributed by atoms with E-state index in [1.807, 2.05) is 127 Å². The maximum atomic E-state index is 6.25. The van der Waals surface area contributed by atoms with Gasteiger partial charge in [0.15, 0.2) is 34.5 Å². The molecule has 124 heavy (non-hydrogen) atoms. The summed E-state index contributed by atoms with van der Waals surface area (Å²) in [5.41, 5.74) is 5.54. The predicted octanol–water partition coefficient (Wildman–Crippen LogP) is 18.4. The van der Waals surface area contributed by atoms with E-state index < -0.39 is 29.9 Å². The van der Waals surface area contributed by atoms with Gasteiger partial charge < -0.3 is 133 Å². The Kier molecular flexibility index (Phi) is 35.8. The van der Waals surface area contributed by atoms with Gasteiger partial charge in [0.05, 0.1) is 96.1 Å². The molecule has 0 aliphatic heterocycles. The number of fused-ring (bicyclic) bond motifs is 6. The first-order valence-corrected chi connectivity index (χ1v) is 38.8. The lowest BCUT2D eigenvalue weighted by Gasteiger charge is -2.30. The number of benzene rings is 12. The fourth-order valence-electron chi connectivity index (χ4n) is 15.0. The molecular weight excluding hydrogens is 1600 g/mol. The summed E-state index contributed by atoms with van der Waals surface area (Å²) in [6, 6.07) is 54.8. The first-order chi connectivity index (χ1) is 59.9. The highest BCUT2D eigenvalue weighted by molar-refractivity contribution is 6.01. The van der Waals surface area contributed by atoms with Crippen molar-refractivity contribution in [3.8, 4) is 74.7 Å². The molecule has 0 bridgehead atoms. The van der Waals surface area contributed by atoms with Gasteiger partial charge in [0.2, 0.25) is 11.5 Å². The average molecular weight is 1720 g/mol. The molecule has 12 aromatic rings. The molecule has 0 amide bonds. The van der Waals surface area contributed by atoms with Crippen molar-refractivity contribution in [3.05, 3.63) is 209 Å². The molecule has 0 saturated carbocycles. The Hall–Kier alpha value is -11.0. The first kappa shape index (κ1) is 98.4. The van der Waals surface area contributed by atoms with Crippen molar-refractivity contribution in [3.63, 3.8) is 0 Å². The van der Waals surface area contributed by atoms with Gasteiger partial charge in [-0.2, -0.15) is 0 Å². The molecule has 0 spiro atoms. The molecular formula is C96H118O28. The molecule has 28 heteroatoms. The Morgan fingerprint density at radius 1 is 0.218 bits per heavy atom. The second-order valence-corrected chi connectivity index (χ2v) is 27.2. The SMILES string of the molecule is COC(OC)(OC)c1ccc2cc3ccccc3cc2c1.COc1cc(OC)c2c(OC)cc(C(OC)(OC)OC)cc2c1.COc1cc2c(OC)cc(C(OC)(OC)OC)cc2c(C(C)C)c1OC.COc1cc2cc(C(OC)(OC)OC)cc(OCc3ccccc3)c2c(OC)c1OC.COc1cc2cc(C(OC)(OC)OC)ccc2c(OC)c1OC. The second kappa shape index (κ2) is 45.1. The van der Waals surface area contributed by atoms with Gasteiger partial charge in [0.25, 0.3) is 0 Å². The molecule has 0 atom stereocenters. The van der Waals surface area contributed by atoms with Gasteiger partial charge >= 0.3 is 29.9 Å². The van der Waals surface area contributed by atoms with Crippen LogP contribution in [0.3, 0.4) is 0 Å². The molecule has 0 aromatic heterocycles. The molecule has 0 heterocycles. The van der Waals surface area contributed by atoms with Crippen LogP contribution in [0.25, 0.3) is 64.6 Å². The van der Waals surface area contributed by atoms with E-state index in [0.717, 1.165) is 65.2 Å². The minimum absolute atomic E-state index is 0.185. The summed E-state index contributed by atoms with van der Waals surface area (Å²) < 4.78 is 154. The van der Waals surface area contributed by atoms with E-state index in [2.05, 4.69) is 44.2 Å². The molecule has 0 N–H and O–H groups in total. The van der Waals surface area contributed by atoms with Gasteiger partial charge in [-0.05, 0) is 146 Å². The highest BCUT2D eigenvalue weighted by Gasteiger charge is 2.39. The highest BCUT2D eigenvalue weighted by atomic mass is 16.9. The lowest BCUT2D eigenvalue weighted by Crippen LogP contribution is -2.33. The summed E-state index contributed by atoms with van der Waals surface area (Å²) in [5, 5.41) is 11.6. The maximum Gasteiger partial charge on any atom is 0.311 e. The van der Waals surface area contributed by atoms with E-state index in [-0.39, 0.29) is 5.92 Å². The summed E-state index contributed by atoms with van der Waals surface area (Å²) in [6.45, 7) is 4.56. The Morgan fingerprint density at radius 2 is 0.581 bits per heavy atom. The summed E-state index contributed by atoms with van der Waals surface area (Å²) in [7, 11) is 42.1. The molecule has 28 nitrogen and oxygen atoms in total. The van der Waals surface area contributed by atoms with E-state index in [0.29, 0.717) is 104 Å². The molecule has 0 aliphatic carbocycles. The van der Waals surface area contributed by atoms with E-state index >= 15 is 0 Å². The maximum absolute atomic E-state index is 6.25. The van der Waals surface area contributed by atoms with Crippen LogP contribution in [0, 0.1) is 0 Å². The molecule has 0 saturated heterocycles. The van der Waals surface area contributed by atoms with Gasteiger partial charge in [0.1, 0.15) is 35.4 Å². The van der Waals surface area contributed by atoms with Crippen LogP contribution in [0.15, 0.2) is 170 Å². The van der Waals surface area contributed by atoms with Crippen molar-refractivity contribution in [1.82, 2.24) is 0 Å². The number of methoxy groups -OCH3 is 27. The normalized spacial score (nSPS) is 11.7. The van der Waals surface area contributed by atoms with Gasteiger partial charge in [-0.1, -0.05) is 86.6 Å². The zero-order valence-corrected chi connectivity index (χ0v) is 76.4. The van der Waals surface area contributed by atoms with Crippen molar-refractivity contribution < 1.29 is 133 Å². The van der Waals surface area contributed by atoms with Gasteiger partial charge in [-0.3, -0.25) is 0 Å². The fraction of sp³-hybridized carbons (Fsp3) is 0.375. The molecule has 12 aromatic carbocycles. The lowest BCUT2D eigenvalue weighted by atomic mass is 9.92. The van der Waals surface area contributed by atoms with E-state index in [1.165, 1.54) is 101 Å². The molecule has 670 valence electrons. The number of hydrogen-bond donors (Lipinski definition) is 0. The third-order valence-corrected chi connectivity index (χ3v) is 21.1. The topological polar surface area (TPSA) is 258 Å². The van der Waals surface area contributed by atoms with Crippen LogP contribution in [-0.2, 0) is 108 Å². The Bertz CT molecular complexity index is 5420.